The van der Waals surface area contributed by atoms with Crippen molar-refractivity contribution in [2.24, 2.45) is 0 Å². The van der Waals surface area contributed by atoms with Gasteiger partial charge in [0.25, 0.3) is 0 Å². The summed E-state index contributed by atoms with van der Waals surface area (Å²) in [6, 6.07) is 15.3. The highest BCUT2D eigenvalue weighted by molar-refractivity contribution is 6.34. The molecule has 1 aliphatic rings. The molecule has 2 aromatic rings. The fourth-order valence-electron chi connectivity index (χ4n) is 2.27. The first-order valence-electron chi connectivity index (χ1n) is 6.14. The van der Waals surface area contributed by atoms with Crippen LogP contribution < -0.4 is 10.6 Å². The van der Waals surface area contributed by atoms with E-state index >= 15 is 0 Å². The maximum Gasteiger partial charge on any atom is 0.233 e. The lowest BCUT2D eigenvalue weighted by Gasteiger charge is -2.13. The number of hydrogen-bond acceptors (Lipinski definition) is 2. The smallest absolute Gasteiger partial charge is 0.233 e. The van der Waals surface area contributed by atoms with Crippen LogP contribution in [0.15, 0.2) is 48.5 Å². The Morgan fingerprint density at radius 2 is 1.84 bits per heavy atom. The van der Waals surface area contributed by atoms with Crippen molar-refractivity contribution in [3.8, 4) is 0 Å². The molecule has 4 heteroatoms. The summed E-state index contributed by atoms with van der Waals surface area (Å²) in [4.78, 5) is 12.3. The lowest BCUT2D eigenvalue weighted by molar-refractivity contribution is -0.117. The van der Waals surface area contributed by atoms with E-state index in [9.17, 15) is 4.79 Å². The monoisotopic (exact) mass is 272 g/mol. The first-order valence-corrected chi connectivity index (χ1v) is 6.51. The van der Waals surface area contributed by atoms with Gasteiger partial charge in [-0.2, -0.15) is 0 Å². The van der Waals surface area contributed by atoms with E-state index in [0.717, 1.165) is 11.3 Å². The molecule has 1 heterocycles. The standard InChI is InChI=1S/C15H13ClN2O/c16-12-7-4-8-13-14(12)18-15(19)11(9-17-13)10-5-2-1-3-6-10/h1-8,11,17H,9H2,(H,18,19). The van der Waals surface area contributed by atoms with Gasteiger partial charge in [-0.1, -0.05) is 48.0 Å². The number of nitrogens with one attached hydrogen (secondary N) is 2. The summed E-state index contributed by atoms with van der Waals surface area (Å²) in [6.07, 6.45) is 0. The van der Waals surface area contributed by atoms with Gasteiger partial charge in [-0.3, -0.25) is 4.79 Å². The fourth-order valence-corrected chi connectivity index (χ4v) is 2.49. The van der Waals surface area contributed by atoms with Crippen LogP contribution in [0, 0.1) is 0 Å². The van der Waals surface area contributed by atoms with Gasteiger partial charge in [0.2, 0.25) is 5.91 Å². The van der Waals surface area contributed by atoms with Crippen LogP contribution in [-0.4, -0.2) is 12.5 Å². The molecule has 0 fully saturated rings. The molecule has 0 saturated heterocycles. The van der Waals surface area contributed by atoms with E-state index in [4.69, 9.17) is 11.6 Å². The van der Waals surface area contributed by atoms with E-state index in [0.29, 0.717) is 17.3 Å². The second-order valence-corrected chi connectivity index (χ2v) is 4.90. The van der Waals surface area contributed by atoms with Gasteiger partial charge < -0.3 is 10.6 Å². The Labute approximate surface area is 116 Å². The number of carbonyl (C=O) groups excluding carboxylic acids is 1. The van der Waals surface area contributed by atoms with Gasteiger partial charge >= 0.3 is 0 Å². The second-order valence-electron chi connectivity index (χ2n) is 4.50. The molecule has 1 unspecified atom stereocenters. The van der Waals surface area contributed by atoms with Crippen molar-refractivity contribution < 1.29 is 4.79 Å². The highest BCUT2D eigenvalue weighted by Gasteiger charge is 2.25. The molecule has 0 aliphatic carbocycles. The van der Waals surface area contributed by atoms with Gasteiger partial charge in [-0.15, -0.1) is 0 Å². The van der Waals surface area contributed by atoms with Gasteiger partial charge in [0.15, 0.2) is 0 Å². The molecule has 2 aromatic carbocycles. The number of hydrogen-bond donors (Lipinski definition) is 2. The molecule has 3 rings (SSSR count). The van der Waals surface area contributed by atoms with Crippen LogP contribution in [-0.2, 0) is 4.79 Å². The third-order valence-electron chi connectivity index (χ3n) is 3.28. The van der Waals surface area contributed by atoms with E-state index in [1.807, 2.05) is 42.5 Å². The van der Waals surface area contributed by atoms with E-state index in [-0.39, 0.29) is 11.8 Å². The van der Waals surface area contributed by atoms with Gasteiger partial charge in [-0.25, -0.2) is 0 Å². The SMILES string of the molecule is O=C1Nc2c(Cl)cccc2NCC1c1ccccc1. The number of para-hydroxylation sites is 1. The highest BCUT2D eigenvalue weighted by Crippen LogP contribution is 2.34. The van der Waals surface area contributed by atoms with Crippen LogP contribution in [0.2, 0.25) is 5.02 Å². The Morgan fingerprint density at radius 1 is 1.05 bits per heavy atom. The minimum absolute atomic E-state index is 0.0365. The zero-order valence-corrected chi connectivity index (χ0v) is 10.9. The number of anilines is 2. The molecule has 96 valence electrons. The van der Waals surface area contributed by atoms with E-state index in [1.165, 1.54) is 0 Å². The van der Waals surface area contributed by atoms with Crippen molar-refractivity contribution in [3.05, 3.63) is 59.1 Å². The van der Waals surface area contributed by atoms with Crippen molar-refractivity contribution in [2.45, 2.75) is 5.92 Å². The maximum atomic E-state index is 12.3. The van der Waals surface area contributed by atoms with Crippen LogP contribution >= 0.6 is 11.6 Å². The van der Waals surface area contributed by atoms with Gasteiger partial charge in [0.1, 0.15) is 0 Å². The summed E-state index contributed by atoms with van der Waals surface area (Å²) in [5, 5.41) is 6.73. The summed E-state index contributed by atoms with van der Waals surface area (Å²) in [7, 11) is 0. The van der Waals surface area contributed by atoms with E-state index in [2.05, 4.69) is 10.6 Å². The molecule has 2 N–H and O–H groups in total. The Hall–Kier alpha value is -2.00. The number of rotatable bonds is 1. The maximum absolute atomic E-state index is 12.3. The molecule has 19 heavy (non-hydrogen) atoms. The zero-order valence-electron chi connectivity index (χ0n) is 10.2. The minimum Gasteiger partial charge on any atom is -0.382 e. The lowest BCUT2D eigenvalue weighted by Crippen LogP contribution is -2.23. The van der Waals surface area contributed by atoms with Crippen molar-refractivity contribution in [1.82, 2.24) is 0 Å². The van der Waals surface area contributed by atoms with Crippen molar-refractivity contribution in [2.75, 3.05) is 17.2 Å². The average Bonchev–Trinajstić information content (AvgIpc) is 2.60. The Morgan fingerprint density at radius 3 is 2.63 bits per heavy atom. The molecule has 0 bridgehead atoms. The van der Waals surface area contributed by atoms with Gasteiger partial charge in [-0.05, 0) is 17.7 Å². The Kier molecular flexibility index (Phi) is 3.13. The summed E-state index contributed by atoms with van der Waals surface area (Å²) in [5.74, 6) is -0.254. The van der Waals surface area contributed by atoms with Crippen LogP contribution in [0.4, 0.5) is 11.4 Å². The molecule has 3 nitrogen and oxygen atoms in total. The molecule has 1 atom stereocenters. The van der Waals surface area contributed by atoms with Crippen molar-refractivity contribution >= 4 is 28.9 Å². The Balaban J connectivity index is 1.95. The second kappa shape index (κ2) is 4.94. The summed E-state index contributed by atoms with van der Waals surface area (Å²) in [6.45, 7) is 0.559. The predicted octanol–water partition coefficient (Wildman–Crippen LogP) is 3.49. The first kappa shape index (κ1) is 12.1. The summed E-state index contributed by atoms with van der Waals surface area (Å²) in [5.41, 5.74) is 2.52. The van der Waals surface area contributed by atoms with Crippen LogP contribution in [0.3, 0.4) is 0 Å². The molecule has 0 spiro atoms. The zero-order chi connectivity index (χ0) is 13.2. The van der Waals surface area contributed by atoms with Gasteiger partial charge in [0.05, 0.1) is 22.3 Å². The third kappa shape index (κ3) is 2.29. The van der Waals surface area contributed by atoms with Crippen molar-refractivity contribution in [3.63, 3.8) is 0 Å². The lowest BCUT2D eigenvalue weighted by atomic mass is 9.98. The molecule has 0 radical (unpaired) electrons. The quantitative estimate of drug-likeness (QED) is 0.834. The highest BCUT2D eigenvalue weighted by atomic mass is 35.5. The summed E-state index contributed by atoms with van der Waals surface area (Å²) < 4.78 is 0. The van der Waals surface area contributed by atoms with E-state index < -0.39 is 0 Å². The molecular formula is C15H13ClN2O. The normalized spacial score (nSPS) is 17.9. The molecule has 0 saturated carbocycles. The number of benzene rings is 2. The summed E-state index contributed by atoms with van der Waals surface area (Å²) >= 11 is 6.12. The minimum atomic E-state index is -0.218. The van der Waals surface area contributed by atoms with Crippen LogP contribution in [0.5, 0.6) is 0 Å². The third-order valence-corrected chi connectivity index (χ3v) is 3.59. The van der Waals surface area contributed by atoms with E-state index in [1.54, 1.807) is 6.07 Å². The van der Waals surface area contributed by atoms with Crippen LogP contribution in [0.25, 0.3) is 0 Å². The molecular weight excluding hydrogens is 260 g/mol. The average molecular weight is 273 g/mol. The number of carbonyl (C=O) groups is 1. The van der Waals surface area contributed by atoms with Crippen molar-refractivity contribution in [1.29, 1.82) is 0 Å². The molecule has 1 amide bonds. The first-order chi connectivity index (χ1) is 9.25. The number of halogens is 1. The van der Waals surface area contributed by atoms with Gasteiger partial charge in [0, 0.05) is 6.54 Å². The molecule has 0 aromatic heterocycles. The van der Waals surface area contributed by atoms with Crippen LogP contribution in [0.1, 0.15) is 11.5 Å². The number of fused-ring (bicyclic) bond motifs is 1. The number of amides is 1. The molecule has 1 aliphatic heterocycles. The largest absolute Gasteiger partial charge is 0.382 e. The predicted molar refractivity (Wildman–Crippen MR) is 77.8 cm³/mol. The Bertz CT molecular complexity index is 613. The topological polar surface area (TPSA) is 41.1 Å². The fraction of sp³-hybridized carbons (Fsp3) is 0.133.